The zero-order valence-corrected chi connectivity index (χ0v) is 16.1. The Morgan fingerprint density at radius 3 is 2.42 bits per heavy atom. The molecule has 0 spiro atoms. The molecule has 0 amide bonds. The third-order valence-electron chi connectivity index (χ3n) is 5.21. The molecule has 1 aliphatic carbocycles. The Morgan fingerprint density at radius 1 is 1.08 bits per heavy atom. The Morgan fingerprint density at radius 2 is 1.81 bits per heavy atom. The number of ether oxygens (including phenoxy) is 1. The van der Waals surface area contributed by atoms with Crippen LogP contribution in [-0.2, 0) is 0 Å². The Kier molecular flexibility index (Phi) is 6.20. The molecule has 1 aliphatic rings. The maximum atomic E-state index is 14.5. The van der Waals surface area contributed by atoms with Gasteiger partial charge in [-0.25, -0.2) is 9.18 Å². The summed E-state index contributed by atoms with van der Waals surface area (Å²) in [4.78, 5) is 12.3. The maximum Gasteiger partial charge on any atom is 0.346 e. The summed E-state index contributed by atoms with van der Waals surface area (Å²) in [6, 6.07) is 9.30. The Hall–Kier alpha value is -1.58. The van der Waals surface area contributed by atoms with Gasteiger partial charge < -0.3 is 4.74 Å². The summed E-state index contributed by atoms with van der Waals surface area (Å²) < 4.78 is 19.7. The normalized spacial score (nSPS) is 20.0. The van der Waals surface area contributed by atoms with Gasteiger partial charge in [0.15, 0.2) is 0 Å². The molecule has 2 aromatic carbocycles. The first-order valence-corrected chi connectivity index (χ1v) is 9.70. The molecule has 0 radical (unpaired) electrons. The van der Waals surface area contributed by atoms with Gasteiger partial charge in [0, 0.05) is 6.07 Å². The zero-order chi connectivity index (χ0) is 18.7. The number of benzene rings is 2. The van der Waals surface area contributed by atoms with Crippen LogP contribution in [0.1, 0.15) is 60.9 Å². The Bertz CT molecular complexity index is 799. The van der Waals surface area contributed by atoms with Crippen LogP contribution in [0.3, 0.4) is 0 Å². The highest BCUT2D eigenvalue weighted by Gasteiger charge is 2.23. The van der Waals surface area contributed by atoms with Crippen molar-refractivity contribution in [3.63, 3.8) is 0 Å². The minimum atomic E-state index is -0.748. The van der Waals surface area contributed by atoms with Crippen molar-refractivity contribution in [1.29, 1.82) is 0 Å². The number of hydrogen-bond donors (Lipinski definition) is 0. The fraction of sp³-hybridized carbons (Fsp3) is 0.381. The zero-order valence-electron chi connectivity index (χ0n) is 14.6. The predicted molar refractivity (Wildman–Crippen MR) is 103 cm³/mol. The van der Waals surface area contributed by atoms with E-state index < -0.39 is 11.8 Å². The van der Waals surface area contributed by atoms with Crippen molar-refractivity contribution in [3.05, 3.63) is 63.4 Å². The molecular formula is C21H21Cl2FO2. The van der Waals surface area contributed by atoms with Crippen LogP contribution in [0.5, 0.6) is 5.75 Å². The maximum absolute atomic E-state index is 14.5. The van der Waals surface area contributed by atoms with E-state index in [0.29, 0.717) is 10.9 Å². The van der Waals surface area contributed by atoms with E-state index in [1.165, 1.54) is 49.6 Å². The molecule has 26 heavy (non-hydrogen) atoms. The minimum Gasteiger partial charge on any atom is -0.423 e. The summed E-state index contributed by atoms with van der Waals surface area (Å²) in [6.07, 6.45) is 5.73. The van der Waals surface area contributed by atoms with Crippen LogP contribution in [0.4, 0.5) is 4.39 Å². The van der Waals surface area contributed by atoms with Gasteiger partial charge in [-0.1, -0.05) is 42.6 Å². The molecule has 0 heterocycles. The summed E-state index contributed by atoms with van der Waals surface area (Å²) in [6.45, 7) is 2.22. The number of carbonyl (C=O) groups excluding carboxylic acids is 1. The quantitative estimate of drug-likeness (QED) is 0.410. The third-order valence-corrected chi connectivity index (χ3v) is 5.95. The van der Waals surface area contributed by atoms with E-state index in [2.05, 4.69) is 6.92 Å². The topological polar surface area (TPSA) is 26.3 Å². The van der Waals surface area contributed by atoms with Gasteiger partial charge in [0.05, 0.1) is 15.6 Å². The number of carbonyl (C=O) groups is 1. The highest BCUT2D eigenvalue weighted by Crippen LogP contribution is 2.37. The van der Waals surface area contributed by atoms with Crippen molar-refractivity contribution in [2.24, 2.45) is 5.92 Å². The first-order chi connectivity index (χ1) is 12.5. The molecule has 1 fully saturated rings. The summed E-state index contributed by atoms with van der Waals surface area (Å²) in [5.74, 6) is 0.0852. The van der Waals surface area contributed by atoms with Gasteiger partial charge in [-0.3, -0.25) is 0 Å². The number of esters is 1. The van der Waals surface area contributed by atoms with Crippen LogP contribution in [0, 0.1) is 11.7 Å². The van der Waals surface area contributed by atoms with Crippen LogP contribution in [0.25, 0.3) is 0 Å². The lowest BCUT2D eigenvalue weighted by molar-refractivity contribution is 0.0730. The van der Waals surface area contributed by atoms with E-state index >= 15 is 0 Å². The van der Waals surface area contributed by atoms with Gasteiger partial charge in [-0.15, -0.1) is 0 Å². The highest BCUT2D eigenvalue weighted by atomic mass is 35.5. The molecule has 0 saturated heterocycles. The van der Waals surface area contributed by atoms with Gasteiger partial charge in [0.25, 0.3) is 0 Å². The lowest BCUT2D eigenvalue weighted by atomic mass is 9.78. The summed E-state index contributed by atoms with van der Waals surface area (Å²) in [5.41, 5.74) is 0.880. The molecule has 5 heteroatoms. The van der Waals surface area contributed by atoms with Gasteiger partial charge in [-0.05, 0) is 67.3 Å². The molecule has 0 aliphatic heterocycles. The van der Waals surface area contributed by atoms with E-state index in [0.717, 1.165) is 24.3 Å². The van der Waals surface area contributed by atoms with Crippen molar-refractivity contribution >= 4 is 29.2 Å². The van der Waals surface area contributed by atoms with Crippen LogP contribution in [0.2, 0.25) is 10.0 Å². The second kappa shape index (κ2) is 8.41. The van der Waals surface area contributed by atoms with E-state index in [1.54, 1.807) is 0 Å². The molecule has 0 atom stereocenters. The number of hydrogen-bond acceptors (Lipinski definition) is 2. The van der Waals surface area contributed by atoms with Crippen LogP contribution in [-0.4, -0.2) is 5.97 Å². The summed E-state index contributed by atoms with van der Waals surface area (Å²) in [5, 5.41) is 0.635. The standard InChI is InChI=1S/C21H21Cl2FO2/c1-2-13-3-5-14(6-4-13)15-7-9-17(20(24)11-15)21(25)26-16-8-10-18(22)19(23)12-16/h7-14H,2-6H2,1H3/t13-,14-. The molecule has 2 nitrogen and oxygen atoms in total. The van der Waals surface area contributed by atoms with E-state index in [-0.39, 0.29) is 16.3 Å². The molecule has 0 N–H and O–H groups in total. The van der Waals surface area contributed by atoms with Gasteiger partial charge in [0.2, 0.25) is 0 Å². The minimum absolute atomic E-state index is 0.0814. The van der Waals surface area contributed by atoms with Crippen molar-refractivity contribution in [2.45, 2.75) is 44.9 Å². The average molecular weight is 395 g/mol. The van der Waals surface area contributed by atoms with Crippen molar-refractivity contribution in [2.75, 3.05) is 0 Å². The van der Waals surface area contributed by atoms with Crippen LogP contribution in [0.15, 0.2) is 36.4 Å². The lowest BCUT2D eigenvalue weighted by Crippen LogP contribution is -2.14. The van der Waals surface area contributed by atoms with E-state index in [1.807, 2.05) is 6.07 Å². The van der Waals surface area contributed by atoms with Gasteiger partial charge in [0.1, 0.15) is 11.6 Å². The first-order valence-electron chi connectivity index (χ1n) is 8.94. The van der Waals surface area contributed by atoms with Crippen molar-refractivity contribution in [3.8, 4) is 5.75 Å². The van der Waals surface area contributed by atoms with E-state index in [9.17, 15) is 9.18 Å². The number of halogens is 3. The molecule has 3 rings (SSSR count). The van der Waals surface area contributed by atoms with Crippen molar-refractivity contribution in [1.82, 2.24) is 0 Å². The molecule has 1 saturated carbocycles. The molecule has 2 aromatic rings. The second-order valence-corrected chi connectivity index (χ2v) is 7.65. The van der Waals surface area contributed by atoms with Gasteiger partial charge >= 0.3 is 5.97 Å². The van der Waals surface area contributed by atoms with Crippen molar-refractivity contribution < 1.29 is 13.9 Å². The van der Waals surface area contributed by atoms with Gasteiger partial charge in [-0.2, -0.15) is 0 Å². The first kappa shape index (κ1) is 19.2. The predicted octanol–water partition coefficient (Wildman–Crippen LogP) is 7.04. The summed E-state index contributed by atoms with van der Waals surface area (Å²) in [7, 11) is 0. The molecule has 138 valence electrons. The molecule has 0 aromatic heterocycles. The third kappa shape index (κ3) is 4.39. The Balaban J connectivity index is 1.70. The van der Waals surface area contributed by atoms with Crippen LogP contribution < -0.4 is 4.74 Å². The highest BCUT2D eigenvalue weighted by molar-refractivity contribution is 6.42. The number of rotatable bonds is 4. The fourth-order valence-corrected chi connectivity index (χ4v) is 3.85. The fourth-order valence-electron chi connectivity index (χ4n) is 3.56. The lowest BCUT2D eigenvalue weighted by Gasteiger charge is -2.28. The Labute approximate surface area is 163 Å². The second-order valence-electron chi connectivity index (χ2n) is 6.83. The SMILES string of the molecule is CC[C@H]1CC[C@H](c2ccc(C(=O)Oc3ccc(Cl)c(Cl)c3)c(F)c2)CC1. The molecule has 0 bridgehead atoms. The molecular weight excluding hydrogens is 374 g/mol. The monoisotopic (exact) mass is 394 g/mol. The smallest absolute Gasteiger partial charge is 0.346 e. The average Bonchev–Trinajstić information content (AvgIpc) is 2.64. The largest absolute Gasteiger partial charge is 0.423 e. The van der Waals surface area contributed by atoms with E-state index in [4.69, 9.17) is 27.9 Å². The molecule has 0 unspecified atom stereocenters. The van der Waals surface area contributed by atoms with Crippen LogP contribution >= 0.6 is 23.2 Å². The summed E-state index contributed by atoms with van der Waals surface area (Å²) >= 11 is 11.7.